The molecule has 0 atom stereocenters. The first-order valence-electron chi connectivity index (χ1n) is 9.68. The zero-order valence-electron chi connectivity index (χ0n) is 16.8. The van der Waals surface area contributed by atoms with E-state index in [0.717, 1.165) is 11.1 Å². The Morgan fingerprint density at radius 2 is 1.06 bits per heavy atom. The van der Waals surface area contributed by atoms with Crippen molar-refractivity contribution in [3.05, 3.63) is 97.3 Å². The van der Waals surface area contributed by atoms with Crippen molar-refractivity contribution in [1.29, 1.82) is 0 Å². The van der Waals surface area contributed by atoms with Gasteiger partial charge in [0.1, 0.15) is 11.5 Å². The van der Waals surface area contributed by atoms with Crippen LogP contribution in [0.5, 0.6) is 11.5 Å². The summed E-state index contributed by atoms with van der Waals surface area (Å²) in [6, 6.07) is 25.3. The Morgan fingerprint density at radius 3 is 1.50 bits per heavy atom. The zero-order valence-corrected chi connectivity index (χ0v) is 16.8. The van der Waals surface area contributed by atoms with Crippen LogP contribution in [0.4, 0.5) is 0 Å². The second kappa shape index (κ2) is 9.86. The van der Waals surface area contributed by atoms with E-state index in [9.17, 15) is 10.2 Å². The van der Waals surface area contributed by atoms with Crippen LogP contribution in [-0.2, 0) is 0 Å². The van der Waals surface area contributed by atoms with Crippen molar-refractivity contribution in [2.75, 3.05) is 0 Å². The van der Waals surface area contributed by atoms with Crippen LogP contribution in [-0.4, -0.2) is 40.6 Å². The molecular weight excluding hydrogens is 404 g/mol. The van der Waals surface area contributed by atoms with Crippen molar-refractivity contribution in [1.82, 2.24) is 30.4 Å². The Morgan fingerprint density at radius 1 is 0.531 bits per heavy atom. The summed E-state index contributed by atoms with van der Waals surface area (Å²) in [5.41, 5.74) is 2.14. The minimum absolute atomic E-state index is 0.0214. The molecule has 0 fully saturated rings. The first-order valence-corrected chi connectivity index (χ1v) is 9.68. The predicted octanol–water partition coefficient (Wildman–Crippen LogP) is 4.16. The van der Waals surface area contributed by atoms with Gasteiger partial charge in [0.25, 0.3) is 0 Å². The molecule has 5 aromatic rings. The van der Waals surface area contributed by atoms with Crippen molar-refractivity contribution in [2.45, 2.75) is 0 Å². The van der Waals surface area contributed by atoms with Gasteiger partial charge in [0.2, 0.25) is 0 Å². The first-order chi connectivity index (χ1) is 15.7. The molecule has 0 saturated heterocycles. The summed E-state index contributed by atoms with van der Waals surface area (Å²) in [5.74, 6) is 1.26. The minimum Gasteiger partial charge on any atom is -0.508 e. The molecule has 3 aromatic carbocycles. The van der Waals surface area contributed by atoms with Crippen LogP contribution in [0, 0.1) is 0 Å². The fourth-order valence-electron chi connectivity index (χ4n) is 2.84. The Bertz CT molecular complexity index is 1200. The number of aromatic hydroxyl groups is 2. The van der Waals surface area contributed by atoms with E-state index in [1.807, 2.05) is 60.7 Å². The standard InChI is InChI=1S/C21H15N3O2.C3H3N3/c25-16-11-12-17(18(26)13-16)21-23-19(14-7-3-1-4-8-14)22-20(24-21)15-9-5-2-6-10-15;1-2-4-6-5-3-1/h1-13,25-26H;1-3H. The molecule has 0 saturated carbocycles. The van der Waals surface area contributed by atoms with Crippen LogP contribution in [0.25, 0.3) is 34.2 Å². The number of phenols is 2. The van der Waals surface area contributed by atoms with E-state index in [-0.39, 0.29) is 11.5 Å². The van der Waals surface area contributed by atoms with Gasteiger partial charge < -0.3 is 10.2 Å². The zero-order chi connectivity index (χ0) is 22.2. The number of hydrogen-bond acceptors (Lipinski definition) is 8. The Balaban J connectivity index is 0.000000354. The molecule has 2 aromatic heterocycles. The average molecular weight is 422 g/mol. The summed E-state index contributed by atoms with van der Waals surface area (Å²) in [5, 5.41) is 29.9. The normalized spacial score (nSPS) is 10.1. The molecule has 0 spiro atoms. The molecule has 8 heteroatoms. The van der Waals surface area contributed by atoms with Crippen molar-refractivity contribution in [2.24, 2.45) is 0 Å². The summed E-state index contributed by atoms with van der Waals surface area (Å²) in [4.78, 5) is 13.6. The highest BCUT2D eigenvalue weighted by Gasteiger charge is 2.14. The van der Waals surface area contributed by atoms with Gasteiger partial charge in [-0.05, 0) is 23.4 Å². The maximum atomic E-state index is 10.2. The quantitative estimate of drug-likeness (QED) is 0.445. The van der Waals surface area contributed by atoms with Crippen molar-refractivity contribution < 1.29 is 10.2 Å². The van der Waals surface area contributed by atoms with E-state index in [0.29, 0.717) is 23.0 Å². The Kier molecular flexibility index (Phi) is 6.33. The molecule has 5 rings (SSSR count). The van der Waals surface area contributed by atoms with Gasteiger partial charge in [0.15, 0.2) is 17.5 Å². The second-order valence-corrected chi connectivity index (χ2v) is 6.55. The molecule has 8 nitrogen and oxygen atoms in total. The molecule has 0 unspecified atom stereocenters. The average Bonchev–Trinajstić information content (AvgIpc) is 2.86. The molecule has 0 radical (unpaired) electrons. The third-order valence-corrected chi connectivity index (χ3v) is 4.33. The highest BCUT2D eigenvalue weighted by Crippen LogP contribution is 2.32. The smallest absolute Gasteiger partial charge is 0.167 e. The van der Waals surface area contributed by atoms with Crippen LogP contribution < -0.4 is 0 Å². The lowest BCUT2D eigenvalue weighted by Gasteiger charge is -2.09. The van der Waals surface area contributed by atoms with E-state index in [2.05, 4.69) is 30.4 Å². The van der Waals surface area contributed by atoms with E-state index in [1.54, 1.807) is 24.5 Å². The van der Waals surface area contributed by atoms with Crippen LogP contribution in [0.15, 0.2) is 97.3 Å². The molecule has 0 amide bonds. The minimum atomic E-state index is -0.0887. The lowest BCUT2D eigenvalue weighted by atomic mass is 10.1. The molecule has 2 heterocycles. The van der Waals surface area contributed by atoms with Crippen molar-refractivity contribution in [3.63, 3.8) is 0 Å². The topological polar surface area (TPSA) is 118 Å². The SMILES string of the molecule is Oc1ccc(-c2nc(-c3ccccc3)nc(-c3ccccc3)n2)c(O)c1.c1cnnnc1. The van der Waals surface area contributed by atoms with Gasteiger partial charge in [0, 0.05) is 17.2 Å². The highest BCUT2D eigenvalue weighted by atomic mass is 16.3. The maximum Gasteiger partial charge on any atom is 0.167 e. The van der Waals surface area contributed by atoms with Gasteiger partial charge in [0.05, 0.1) is 18.0 Å². The summed E-state index contributed by atoms with van der Waals surface area (Å²) < 4.78 is 0. The predicted molar refractivity (Wildman–Crippen MR) is 119 cm³/mol. The number of hydrogen-bond donors (Lipinski definition) is 2. The number of aromatic nitrogens is 6. The van der Waals surface area contributed by atoms with Gasteiger partial charge in [-0.2, -0.15) is 0 Å². The third-order valence-electron chi connectivity index (χ3n) is 4.33. The van der Waals surface area contributed by atoms with Gasteiger partial charge in [-0.1, -0.05) is 60.7 Å². The molecule has 0 aliphatic carbocycles. The number of benzene rings is 3. The van der Waals surface area contributed by atoms with Crippen LogP contribution >= 0.6 is 0 Å². The molecular formula is C24H18N6O2. The monoisotopic (exact) mass is 422 g/mol. The van der Waals surface area contributed by atoms with Gasteiger partial charge >= 0.3 is 0 Å². The highest BCUT2D eigenvalue weighted by molar-refractivity contribution is 5.70. The van der Waals surface area contributed by atoms with E-state index in [4.69, 9.17) is 0 Å². The molecule has 0 bridgehead atoms. The van der Waals surface area contributed by atoms with Gasteiger partial charge in [-0.25, -0.2) is 15.0 Å². The fraction of sp³-hybridized carbons (Fsp3) is 0. The van der Waals surface area contributed by atoms with Gasteiger partial charge in [-0.15, -0.1) is 10.2 Å². The molecule has 2 N–H and O–H groups in total. The van der Waals surface area contributed by atoms with E-state index >= 15 is 0 Å². The Hall–Kier alpha value is -4.72. The lowest BCUT2D eigenvalue weighted by Crippen LogP contribution is -2.00. The lowest BCUT2D eigenvalue weighted by molar-refractivity contribution is 0.451. The molecule has 156 valence electrons. The van der Waals surface area contributed by atoms with Crippen molar-refractivity contribution >= 4 is 0 Å². The van der Waals surface area contributed by atoms with Crippen LogP contribution in [0.2, 0.25) is 0 Å². The summed E-state index contributed by atoms with van der Waals surface area (Å²) in [7, 11) is 0. The van der Waals surface area contributed by atoms with E-state index in [1.165, 1.54) is 12.1 Å². The number of phenolic OH excluding ortho intramolecular Hbond substituents is 2. The summed E-state index contributed by atoms with van der Waals surface area (Å²) in [6.45, 7) is 0. The summed E-state index contributed by atoms with van der Waals surface area (Å²) in [6.07, 6.45) is 3.15. The third kappa shape index (κ3) is 5.06. The Labute approximate surface area is 184 Å². The fourth-order valence-corrected chi connectivity index (χ4v) is 2.84. The largest absolute Gasteiger partial charge is 0.508 e. The molecule has 0 aliphatic rings. The number of rotatable bonds is 3. The second-order valence-electron chi connectivity index (χ2n) is 6.55. The van der Waals surface area contributed by atoms with Gasteiger partial charge in [-0.3, -0.25) is 0 Å². The van der Waals surface area contributed by atoms with Crippen LogP contribution in [0.3, 0.4) is 0 Å². The summed E-state index contributed by atoms with van der Waals surface area (Å²) >= 11 is 0. The van der Waals surface area contributed by atoms with Crippen LogP contribution in [0.1, 0.15) is 0 Å². The number of nitrogens with zero attached hydrogens (tertiary/aromatic N) is 6. The van der Waals surface area contributed by atoms with E-state index < -0.39 is 0 Å². The first kappa shape index (κ1) is 20.5. The maximum absolute atomic E-state index is 10.2. The van der Waals surface area contributed by atoms with Crippen molar-refractivity contribution in [3.8, 4) is 45.7 Å². The molecule has 32 heavy (non-hydrogen) atoms. The molecule has 0 aliphatic heterocycles.